The average molecular weight is 381 g/mol. The summed E-state index contributed by atoms with van der Waals surface area (Å²) in [5.74, 6) is -2.20. The molecule has 3 rings (SSSR count). The summed E-state index contributed by atoms with van der Waals surface area (Å²) in [6.07, 6.45) is 0.316. The minimum absolute atomic E-state index is 0.383. The molecule has 0 N–H and O–H groups in total. The summed E-state index contributed by atoms with van der Waals surface area (Å²) >= 11 is 0. The van der Waals surface area contributed by atoms with Gasteiger partial charge in [-0.3, -0.25) is 0 Å². The van der Waals surface area contributed by atoms with E-state index in [1.807, 2.05) is 0 Å². The van der Waals surface area contributed by atoms with Gasteiger partial charge in [0.05, 0.1) is 12.7 Å². The van der Waals surface area contributed by atoms with Crippen LogP contribution in [0.15, 0.2) is 36.4 Å². The largest absolute Gasteiger partial charge is 0.494 e. The molecule has 1 aliphatic carbocycles. The molecule has 0 heterocycles. The summed E-state index contributed by atoms with van der Waals surface area (Å²) in [6, 6.07) is 7.73. The Morgan fingerprint density at radius 2 is 1.44 bits per heavy atom. The first-order valence-corrected chi connectivity index (χ1v) is 8.86. The molecule has 1 saturated carbocycles. The van der Waals surface area contributed by atoms with E-state index in [-0.39, 0.29) is 5.75 Å². The van der Waals surface area contributed by atoms with E-state index < -0.39 is 29.1 Å². The van der Waals surface area contributed by atoms with E-state index in [1.165, 1.54) is 18.1 Å². The van der Waals surface area contributed by atoms with Gasteiger partial charge in [-0.15, -0.1) is 0 Å². The number of halogens is 4. The molecule has 1 aliphatic rings. The molecule has 2 aromatic rings. The highest BCUT2D eigenvalue weighted by atomic mass is 19.3. The molecular formula is C21H21F4O2. The van der Waals surface area contributed by atoms with Gasteiger partial charge in [-0.05, 0) is 61.4 Å². The van der Waals surface area contributed by atoms with Gasteiger partial charge in [0.1, 0.15) is 0 Å². The summed E-state index contributed by atoms with van der Waals surface area (Å²) in [7, 11) is 1.15. The highest BCUT2D eigenvalue weighted by Crippen LogP contribution is 2.38. The lowest BCUT2D eigenvalue weighted by atomic mass is 9.79. The van der Waals surface area contributed by atoms with Crippen molar-refractivity contribution in [2.45, 2.75) is 38.7 Å². The first-order chi connectivity index (χ1) is 12.8. The average Bonchev–Trinajstić information content (AvgIpc) is 2.66. The van der Waals surface area contributed by atoms with Crippen LogP contribution in [0.25, 0.3) is 0 Å². The summed E-state index contributed by atoms with van der Waals surface area (Å²) in [5, 5.41) is 0. The van der Waals surface area contributed by atoms with Crippen LogP contribution in [0.3, 0.4) is 0 Å². The zero-order valence-electron chi connectivity index (χ0n) is 15.2. The van der Waals surface area contributed by atoms with Crippen molar-refractivity contribution in [3.8, 4) is 11.5 Å². The van der Waals surface area contributed by atoms with E-state index in [4.69, 9.17) is 0 Å². The third-order valence-electron chi connectivity index (χ3n) is 4.98. The van der Waals surface area contributed by atoms with Crippen molar-refractivity contribution in [2.24, 2.45) is 5.92 Å². The van der Waals surface area contributed by atoms with Crippen LogP contribution in [0.2, 0.25) is 0 Å². The van der Waals surface area contributed by atoms with Gasteiger partial charge in [0.25, 0.3) is 0 Å². The number of benzene rings is 2. The van der Waals surface area contributed by atoms with Gasteiger partial charge in [0.15, 0.2) is 11.5 Å². The fourth-order valence-electron chi connectivity index (χ4n) is 3.25. The van der Waals surface area contributed by atoms with E-state index in [9.17, 15) is 17.6 Å². The molecule has 6 heteroatoms. The number of methoxy groups -OCH3 is 1. The second-order valence-corrected chi connectivity index (χ2v) is 6.88. The van der Waals surface area contributed by atoms with Crippen LogP contribution in [0.1, 0.15) is 43.7 Å². The second kappa shape index (κ2) is 7.79. The quantitative estimate of drug-likeness (QED) is 0.571. The van der Waals surface area contributed by atoms with Crippen molar-refractivity contribution in [2.75, 3.05) is 7.11 Å². The molecule has 0 bridgehead atoms. The van der Waals surface area contributed by atoms with Crippen molar-refractivity contribution in [3.63, 3.8) is 0 Å². The first-order valence-electron chi connectivity index (χ1n) is 8.86. The van der Waals surface area contributed by atoms with Crippen LogP contribution in [0, 0.1) is 23.5 Å². The normalized spacial score (nSPS) is 16.4. The minimum atomic E-state index is -3.80. The Kier molecular flexibility index (Phi) is 5.63. The van der Waals surface area contributed by atoms with Crippen LogP contribution >= 0.6 is 0 Å². The number of hydrogen-bond acceptors (Lipinski definition) is 2. The molecule has 0 saturated heterocycles. The van der Waals surface area contributed by atoms with E-state index in [0.29, 0.717) is 5.92 Å². The van der Waals surface area contributed by atoms with E-state index in [2.05, 4.69) is 16.4 Å². The topological polar surface area (TPSA) is 18.5 Å². The number of alkyl halides is 2. The lowest BCUT2D eigenvalue weighted by molar-refractivity contribution is -0.187. The van der Waals surface area contributed by atoms with Gasteiger partial charge in [0, 0.05) is 5.92 Å². The van der Waals surface area contributed by atoms with Gasteiger partial charge < -0.3 is 9.47 Å². The van der Waals surface area contributed by atoms with Crippen molar-refractivity contribution < 1.29 is 27.0 Å². The fourth-order valence-corrected chi connectivity index (χ4v) is 3.25. The molecule has 0 unspecified atom stereocenters. The number of ether oxygens (including phenoxy) is 2. The molecule has 0 aromatic heterocycles. The summed E-state index contributed by atoms with van der Waals surface area (Å²) in [6.45, 7) is 2.21. The summed E-state index contributed by atoms with van der Waals surface area (Å²) < 4.78 is 65.5. The number of rotatable bonds is 5. The maximum Gasteiger partial charge on any atom is 0.426 e. The van der Waals surface area contributed by atoms with Crippen molar-refractivity contribution in [1.29, 1.82) is 0 Å². The number of hydrogen-bond donors (Lipinski definition) is 0. The molecule has 1 radical (unpaired) electrons. The molecule has 2 nitrogen and oxygen atoms in total. The molecule has 27 heavy (non-hydrogen) atoms. The van der Waals surface area contributed by atoms with Gasteiger partial charge in [-0.25, -0.2) is 0 Å². The molecule has 1 fully saturated rings. The summed E-state index contributed by atoms with van der Waals surface area (Å²) in [5.41, 5.74) is 0.509. The molecule has 0 amide bonds. The van der Waals surface area contributed by atoms with Crippen LogP contribution in [-0.4, -0.2) is 7.11 Å². The molecule has 145 valence electrons. The Balaban J connectivity index is 1.76. The Bertz CT molecular complexity index is 782. The molecule has 0 aliphatic heterocycles. The van der Waals surface area contributed by atoms with Crippen molar-refractivity contribution in [3.05, 3.63) is 65.1 Å². The third kappa shape index (κ3) is 4.20. The van der Waals surface area contributed by atoms with Crippen molar-refractivity contribution in [1.82, 2.24) is 0 Å². The second-order valence-electron chi connectivity index (χ2n) is 6.88. The zero-order valence-corrected chi connectivity index (χ0v) is 15.2. The SMILES string of the molecule is COc1ccc(OC(F)(F)c2ccc([C]3CCC(C)CC3)cc2)c(F)c1F. The Morgan fingerprint density at radius 1 is 0.889 bits per heavy atom. The molecule has 0 atom stereocenters. The fraction of sp³-hybridized carbons (Fsp3) is 0.381. The lowest BCUT2D eigenvalue weighted by Crippen LogP contribution is -2.23. The predicted molar refractivity (Wildman–Crippen MR) is 93.9 cm³/mol. The van der Waals surface area contributed by atoms with Crippen LogP contribution in [0.5, 0.6) is 11.5 Å². The van der Waals surface area contributed by atoms with E-state index in [1.54, 1.807) is 12.1 Å². The van der Waals surface area contributed by atoms with Gasteiger partial charge in [-0.2, -0.15) is 17.6 Å². The van der Waals surface area contributed by atoms with Crippen molar-refractivity contribution >= 4 is 0 Å². The highest BCUT2D eigenvalue weighted by Gasteiger charge is 2.36. The lowest BCUT2D eigenvalue weighted by Gasteiger charge is -2.26. The monoisotopic (exact) mass is 381 g/mol. The maximum atomic E-state index is 14.4. The van der Waals surface area contributed by atoms with Gasteiger partial charge >= 0.3 is 6.11 Å². The van der Waals surface area contributed by atoms with Crippen LogP contribution in [0.4, 0.5) is 17.6 Å². The minimum Gasteiger partial charge on any atom is -0.494 e. The zero-order chi connectivity index (χ0) is 19.6. The van der Waals surface area contributed by atoms with E-state index in [0.717, 1.165) is 50.5 Å². The van der Waals surface area contributed by atoms with Crippen LogP contribution in [-0.2, 0) is 6.11 Å². The maximum absolute atomic E-state index is 14.4. The Hall–Kier alpha value is -2.24. The molecule has 2 aromatic carbocycles. The summed E-state index contributed by atoms with van der Waals surface area (Å²) in [4.78, 5) is 0. The first kappa shape index (κ1) is 19.5. The molecule has 0 spiro atoms. The Labute approximate surface area is 156 Å². The predicted octanol–water partition coefficient (Wildman–Crippen LogP) is 6.23. The van der Waals surface area contributed by atoms with Gasteiger partial charge in [0.2, 0.25) is 11.6 Å². The molecular weight excluding hydrogens is 360 g/mol. The smallest absolute Gasteiger partial charge is 0.426 e. The Morgan fingerprint density at radius 3 is 2.04 bits per heavy atom. The van der Waals surface area contributed by atoms with Gasteiger partial charge in [-0.1, -0.05) is 19.1 Å². The third-order valence-corrected chi connectivity index (χ3v) is 4.98. The van der Waals surface area contributed by atoms with E-state index >= 15 is 0 Å². The standard InChI is InChI=1S/C21H21F4O2/c1-13-3-5-14(6-4-13)15-7-9-16(10-8-15)21(24,25)27-18-12-11-17(26-2)19(22)20(18)23/h7-13H,3-6H2,1-2H3. The highest BCUT2D eigenvalue weighted by molar-refractivity contribution is 5.37. The van der Waals surface area contributed by atoms with Crippen LogP contribution < -0.4 is 9.47 Å².